The molecule has 1 aromatic rings. The van der Waals surface area contributed by atoms with Crippen LogP contribution in [0.3, 0.4) is 0 Å². The van der Waals surface area contributed by atoms with E-state index in [0.29, 0.717) is 12.4 Å². The van der Waals surface area contributed by atoms with Gasteiger partial charge >= 0.3 is 5.69 Å². The van der Waals surface area contributed by atoms with Crippen molar-refractivity contribution in [2.45, 2.75) is 44.9 Å². The van der Waals surface area contributed by atoms with Gasteiger partial charge in [-0.2, -0.15) is 0 Å². The molecule has 0 unspecified atom stereocenters. The van der Waals surface area contributed by atoms with E-state index in [1.54, 1.807) is 7.05 Å². The van der Waals surface area contributed by atoms with Gasteiger partial charge in [0.05, 0.1) is 6.67 Å². The summed E-state index contributed by atoms with van der Waals surface area (Å²) in [4.78, 5) is 30.2. The maximum absolute atomic E-state index is 12.0. The Balaban J connectivity index is 1.86. The van der Waals surface area contributed by atoms with Gasteiger partial charge in [0.2, 0.25) is 0 Å². The SMILES string of the molecule is C=CCCCCCCCCN1CN(C)c2c1n(C)c(=O)[nH]c2=O. The standard InChI is InChI=1S/C17H28N4O2/c1-4-5-6-7-8-9-10-11-12-21-13-19(2)14-15(22)18-17(23)20(3)16(14)21/h4H,1,5-13H2,2-3H3,(H,18,22,23). The summed E-state index contributed by atoms with van der Waals surface area (Å²) in [6.07, 6.45) is 10.4. The second-order valence-electron chi connectivity index (χ2n) is 6.29. The predicted octanol–water partition coefficient (Wildman–Crippen LogP) is 2.20. The zero-order chi connectivity index (χ0) is 16.8. The number of aromatic nitrogens is 2. The Kier molecular flexibility index (Phi) is 6.07. The molecule has 2 rings (SSSR count). The first kappa shape index (κ1) is 17.4. The van der Waals surface area contributed by atoms with Crippen molar-refractivity contribution >= 4 is 11.5 Å². The molecule has 0 aliphatic carbocycles. The first-order valence-corrected chi connectivity index (χ1v) is 8.46. The molecule has 0 amide bonds. The highest BCUT2D eigenvalue weighted by atomic mass is 16.2. The van der Waals surface area contributed by atoms with Crippen molar-refractivity contribution in [3.8, 4) is 0 Å². The smallest absolute Gasteiger partial charge is 0.329 e. The van der Waals surface area contributed by atoms with Crippen LogP contribution in [0.4, 0.5) is 11.5 Å². The van der Waals surface area contributed by atoms with Crippen LogP contribution in [0.1, 0.15) is 44.9 Å². The van der Waals surface area contributed by atoms with Gasteiger partial charge in [0.15, 0.2) is 0 Å². The molecule has 6 heteroatoms. The summed E-state index contributed by atoms with van der Waals surface area (Å²) in [7, 11) is 3.60. The van der Waals surface area contributed by atoms with Gasteiger partial charge in [-0.3, -0.25) is 14.3 Å². The highest BCUT2D eigenvalue weighted by molar-refractivity contribution is 5.71. The predicted molar refractivity (Wildman–Crippen MR) is 95.4 cm³/mol. The Hall–Kier alpha value is -1.98. The van der Waals surface area contributed by atoms with E-state index in [1.807, 2.05) is 18.0 Å². The van der Waals surface area contributed by atoms with Crippen molar-refractivity contribution in [1.82, 2.24) is 9.55 Å². The fourth-order valence-electron chi connectivity index (χ4n) is 3.17. The largest absolute Gasteiger partial charge is 0.349 e. The van der Waals surface area contributed by atoms with Crippen LogP contribution >= 0.6 is 0 Å². The maximum atomic E-state index is 12.0. The van der Waals surface area contributed by atoms with Gasteiger partial charge in [0, 0.05) is 20.6 Å². The van der Waals surface area contributed by atoms with Crippen molar-refractivity contribution in [3.05, 3.63) is 33.5 Å². The number of nitrogens with one attached hydrogen (secondary N) is 1. The van der Waals surface area contributed by atoms with E-state index in [4.69, 9.17) is 0 Å². The third-order valence-electron chi connectivity index (χ3n) is 4.42. The number of rotatable bonds is 9. The molecule has 128 valence electrons. The van der Waals surface area contributed by atoms with Gasteiger partial charge in [0.1, 0.15) is 11.5 Å². The Morgan fingerprint density at radius 1 is 1.09 bits per heavy atom. The number of fused-ring (bicyclic) bond motifs is 1. The number of hydrogen-bond donors (Lipinski definition) is 1. The van der Waals surface area contributed by atoms with E-state index in [-0.39, 0.29) is 11.2 Å². The van der Waals surface area contributed by atoms with Crippen LogP contribution in [-0.4, -0.2) is 29.8 Å². The number of anilines is 2. The first-order chi connectivity index (χ1) is 11.1. The van der Waals surface area contributed by atoms with Crippen LogP contribution in [0.2, 0.25) is 0 Å². The van der Waals surface area contributed by atoms with Gasteiger partial charge in [0.25, 0.3) is 5.56 Å². The molecule has 1 aliphatic rings. The normalized spacial score (nSPS) is 13.5. The van der Waals surface area contributed by atoms with E-state index < -0.39 is 0 Å². The minimum absolute atomic E-state index is 0.296. The molecule has 0 saturated heterocycles. The molecule has 1 N–H and O–H groups in total. The van der Waals surface area contributed by atoms with Gasteiger partial charge in [-0.15, -0.1) is 6.58 Å². The quantitative estimate of drug-likeness (QED) is 0.560. The van der Waals surface area contributed by atoms with Crippen LogP contribution in [0, 0.1) is 0 Å². The third kappa shape index (κ3) is 4.06. The lowest BCUT2D eigenvalue weighted by Gasteiger charge is -2.20. The number of hydrogen-bond acceptors (Lipinski definition) is 4. The van der Waals surface area contributed by atoms with Gasteiger partial charge in [-0.1, -0.05) is 31.8 Å². The van der Waals surface area contributed by atoms with Crippen LogP contribution in [0.5, 0.6) is 0 Å². The number of aromatic amines is 1. The Morgan fingerprint density at radius 2 is 1.74 bits per heavy atom. The van der Waals surface area contributed by atoms with Crippen LogP contribution in [0.25, 0.3) is 0 Å². The molecule has 0 fully saturated rings. The minimum atomic E-state index is -0.351. The maximum Gasteiger partial charge on any atom is 0.329 e. The zero-order valence-corrected chi connectivity index (χ0v) is 14.3. The molecule has 1 aliphatic heterocycles. The molecule has 6 nitrogen and oxygen atoms in total. The summed E-state index contributed by atoms with van der Waals surface area (Å²) in [6.45, 7) is 5.28. The monoisotopic (exact) mass is 320 g/mol. The van der Waals surface area contributed by atoms with Crippen molar-refractivity contribution < 1.29 is 0 Å². The third-order valence-corrected chi connectivity index (χ3v) is 4.42. The fourth-order valence-corrected chi connectivity index (χ4v) is 3.17. The summed E-state index contributed by atoms with van der Waals surface area (Å²) < 4.78 is 1.54. The Labute approximate surface area is 137 Å². The molecule has 1 aromatic heterocycles. The van der Waals surface area contributed by atoms with Crippen LogP contribution < -0.4 is 21.0 Å². The molecule has 23 heavy (non-hydrogen) atoms. The second-order valence-corrected chi connectivity index (χ2v) is 6.29. The lowest BCUT2D eigenvalue weighted by molar-refractivity contribution is 0.589. The number of unbranched alkanes of at least 4 members (excludes halogenated alkanes) is 6. The molecule has 0 atom stereocenters. The molecule has 0 radical (unpaired) electrons. The summed E-state index contributed by atoms with van der Waals surface area (Å²) in [6, 6.07) is 0. The molecule has 2 heterocycles. The van der Waals surface area contributed by atoms with Gasteiger partial charge < -0.3 is 9.80 Å². The zero-order valence-electron chi connectivity index (χ0n) is 14.3. The number of nitrogens with zero attached hydrogens (tertiary/aromatic N) is 3. The Morgan fingerprint density at radius 3 is 2.43 bits per heavy atom. The van der Waals surface area contributed by atoms with E-state index in [9.17, 15) is 9.59 Å². The van der Waals surface area contributed by atoms with E-state index in [2.05, 4.69) is 16.5 Å². The van der Waals surface area contributed by atoms with E-state index in [0.717, 1.165) is 25.2 Å². The van der Waals surface area contributed by atoms with Crippen LogP contribution in [0.15, 0.2) is 22.2 Å². The van der Waals surface area contributed by atoms with Crippen molar-refractivity contribution in [2.75, 3.05) is 30.1 Å². The highest BCUT2D eigenvalue weighted by Gasteiger charge is 2.28. The molecular weight excluding hydrogens is 292 g/mol. The summed E-state index contributed by atoms with van der Waals surface area (Å²) in [5.41, 5.74) is -0.0527. The van der Waals surface area contributed by atoms with Gasteiger partial charge in [-0.25, -0.2) is 4.79 Å². The summed E-state index contributed by atoms with van der Waals surface area (Å²) in [5.74, 6) is 0.743. The lowest BCUT2D eigenvalue weighted by Crippen LogP contribution is -2.32. The number of allylic oxidation sites excluding steroid dienone is 1. The molecule has 0 spiro atoms. The molecule has 0 saturated carbocycles. The number of H-pyrrole nitrogens is 1. The topological polar surface area (TPSA) is 61.3 Å². The fraction of sp³-hybridized carbons (Fsp3) is 0.647. The summed E-state index contributed by atoms with van der Waals surface area (Å²) >= 11 is 0. The van der Waals surface area contributed by atoms with Crippen LogP contribution in [-0.2, 0) is 7.05 Å². The Bertz CT molecular complexity index is 647. The average molecular weight is 320 g/mol. The van der Waals surface area contributed by atoms with Crippen molar-refractivity contribution in [2.24, 2.45) is 7.05 Å². The van der Waals surface area contributed by atoms with Crippen molar-refractivity contribution in [3.63, 3.8) is 0 Å². The average Bonchev–Trinajstić information content (AvgIpc) is 2.85. The second kappa shape index (κ2) is 8.04. The molecule has 0 bridgehead atoms. The van der Waals surface area contributed by atoms with Crippen molar-refractivity contribution in [1.29, 1.82) is 0 Å². The molecule has 0 aromatic carbocycles. The highest BCUT2D eigenvalue weighted by Crippen LogP contribution is 2.29. The lowest BCUT2D eigenvalue weighted by atomic mass is 10.1. The molecular formula is C17H28N4O2. The first-order valence-electron chi connectivity index (χ1n) is 8.46. The van der Waals surface area contributed by atoms with E-state index >= 15 is 0 Å². The van der Waals surface area contributed by atoms with E-state index in [1.165, 1.54) is 36.7 Å². The summed E-state index contributed by atoms with van der Waals surface area (Å²) in [5, 5.41) is 0. The minimum Gasteiger partial charge on any atom is -0.349 e. The van der Waals surface area contributed by atoms with Gasteiger partial charge in [-0.05, 0) is 19.3 Å².